The van der Waals surface area contributed by atoms with Crippen molar-refractivity contribution < 1.29 is 18.9 Å². The van der Waals surface area contributed by atoms with Gasteiger partial charge in [0.1, 0.15) is 23.7 Å². The lowest BCUT2D eigenvalue weighted by Gasteiger charge is -2.27. The zero-order valence-electron chi connectivity index (χ0n) is 18.3. The van der Waals surface area contributed by atoms with Crippen molar-refractivity contribution in [2.24, 2.45) is 11.5 Å². The van der Waals surface area contributed by atoms with Crippen LogP contribution in [-0.4, -0.2) is 43.3 Å². The summed E-state index contributed by atoms with van der Waals surface area (Å²) in [6.07, 6.45) is 2.77. The highest BCUT2D eigenvalue weighted by atomic mass is 16.8. The Balaban J connectivity index is 1.29. The van der Waals surface area contributed by atoms with Gasteiger partial charge in [-0.3, -0.25) is 0 Å². The van der Waals surface area contributed by atoms with E-state index in [1.54, 1.807) is 0 Å². The maximum absolute atomic E-state index is 6.66. The lowest BCUT2D eigenvalue weighted by Crippen LogP contribution is -2.51. The standard InChI is InChI=1S/C25H32N2O4/c1-25(2)30-23(19(26)13-15-3-5-21-17(11-15)7-9-28-21)24(31-25)20(27)14-16-4-6-22-18(12-16)8-10-29-22/h3-6,11-12,19-20,23-24H,7-10,13-14,26-27H2,1-2H3/t19-,20-,23+,24+/m1/s1. The van der Waals surface area contributed by atoms with Gasteiger partial charge in [-0.15, -0.1) is 0 Å². The first kappa shape index (κ1) is 20.8. The molecule has 0 radical (unpaired) electrons. The third kappa shape index (κ3) is 4.30. The van der Waals surface area contributed by atoms with Crippen molar-refractivity contribution in [2.45, 2.75) is 69.6 Å². The minimum Gasteiger partial charge on any atom is -0.493 e. The van der Waals surface area contributed by atoms with Crippen LogP contribution in [0.1, 0.15) is 36.1 Å². The summed E-state index contributed by atoms with van der Waals surface area (Å²) in [5.41, 5.74) is 18.2. The van der Waals surface area contributed by atoms with E-state index in [9.17, 15) is 0 Å². The Kier molecular flexibility index (Phi) is 5.42. The van der Waals surface area contributed by atoms with Gasteiger partial charge in [-0.05, 0) is 61.1 Å². The molecule has 1 saturated heterocycles. The van der Waals surface area contributed by atoms with Gasteiger partial charge in [0.05, 0.1) is 13.2 Å². The molecule has 0 aromatic heterocycles. The Morgan fingerprint density at radius 3 is 1.71 bits per heavy atom. The molecule has 3 aliphatic rings. The third-order valence-electron chi connectivity index (χ3n) is 6.46. The van der Waals surface area contributed by atoms with E-state index < -0.39 is 5.79 Å². The molecule has 2 aromatic rings. The van der Waals surface area contributed by atoms with E-state index in [0.717, 1.165) is 37.6 Å². The second kappa shape index (κ2) is 8.10. The van der Waals surface area contributed by atoms with Gasteiger partial charge < -0.3 is 30.4 Å². The predicted molar refractivity (Wildman–Crippen MR) is 118 cm³/mol. The zero-order valence-corrected chi connectivity index (χ0v) is 18.3. The number of hydrogen-bond acceptors (Lipinski definition) is 6. The summed E-state index contributed by atoms with van der Waals surface area (Å²) in [5.74, 6) is 1.26. The highest BCUT2D eigenvalue weighted by Crippen LogP contribution is 2.34. The fourth-order valence-corrected chi connectivity index (χ4v) is 4.99. The van der Waals surface area contributed by atoms with Crippen molar-refractivity contribution in [1.82, 2.24) is 0 Å². The number of hydrogen-bond donors (Lipinski definition) is 2. The first-order valence-corrected chi connectivity index (χ1v) is 11.2. The Morgan fingerprint density at radius 2 is 1.26 bits per heavy atom. The van der Waals surface area contributed by atoms with E-state index in [1.807, 2.05) is 26.0 Å². The van der Waals surface area contributed by atoms with E-state index in [1.165, 1.54) is 22.3 Å². The fraction of sp³-hybridized carbons (Fsp3) is 0.520. The molecule has 0 aliphatic carbocycles. The molecule has 3 heterocycles. The first-order valence-electron chi connectivity index (χ1n) is 11.2. The average Bonchev–Trinajstić information content (AvgIpc) is 3.45. The van der Waals surface area contributed by atoms with Crippen LogP contribution in [0.4, 0.5) is 0 Å². The maximum atomic E-state index is 6.66. The lowest BCUT2D eigenvalue weighted by molar-refractivity contribution is -0.149. The van der Waals surface area contributed by atoms with Crippen molar-refractivity contribution in [3.05, 3.63) is 58.7 Å². The molecule has 0 spiro atoms. The number of fused-ring (bicyclic) bond motifs is 2. The number of nitrogens with two attached hydrogens (primary N) is 2. The average molecular weight is 425 g/mol. The second-order valence-corrected chi connectivity index (χ2v) is 9.38. The van der Waals surface area contributed by atoms with Gasteiger partial charge in [0.15, 0.2) is 5.79 Å². The minimum atomic E-state index is -0.706. The van der Waals surface area contributed by atoms with Crippen molar-refractivity contribution in [3.63, 3.8) is 0 Å². The fourth-order valence-electron chi connectivity index (χ4n) is 4.99. The molecule has 4 atom stereocenters. The van der Waals surface area contributed by atoms with Crippen LogP contribution >= 0.6 is 0 Å². The van der Waals surface area contributed by atoms with Gasteiger partial charge in [-0.25, -0.2) is 0 Å². The molecule has 6 heteroatoms. The molecule has 2 aromatic carbocycles. The van der Waals surface area contributed by atoms with E-state index in [2.05, 4.69) is 24.3 Å². The molecule has 0 bridgehead atoms. The van der Waals surface area contributed by atoms with Crippen molar-refractivity contribution in [1.29, 1.82) is 0 Å². The van der Waals surface area contributed by atoms with Crippen LogP contribution in [0.25, 0.3) is 0 Å². The predicted octanol–water partition coefficient (Wildman–Crippen LogP) is 2.52. The van der Waals surface area contributed by atoms with E-state index >= 15 is 0 Å². The highest BCUT2D eigenvalue weighted by Gasteiger charge is 2.46. The first-order chi connectivity index (χ1) is 14.9. The summed E-state index contributed by atoms with van der Waals surface area (Å²) in [6, 6.07) is 12.2. The molecule has 31 heavy (non-hydrogen) atoms. The monoisotopic (exact) mass is 424 g/mol. The Bertz CT molecular complexity index is 885. The Labute approximate surface area is 183 Å². The maximum Gasteiger partial charge on any atom is 0.163 e. The van der Waals surface area contributed by atoms with E-state index in [0.29, 0.717) is 12.8 Å². The largest absolute Gasteiger partial charge is 0.493 e. The summed E-state index contributed by atoms with van der Waals surface area (Å²) >= 11 is 0. The van der Waals surface area contributed by atoms with E-state index in [-0.39, 0.29) is 24.3 Å². The van der Waals surface area contributed by atoms with Crippen molar-refractivity contribution >= 4 is 0 Å². The Morgan fingerprint density at radius 1 is 0.806 bits per heavy atom. The topological polar surface area (TPSA) is 89.0 Å². The van der Waals surface area contributed by atoms with Crippen LogP contribution in [0, 0.1) is 0 Å². The van der Waals surface area contributed by atoms with Gasteiger partial charge in [0, 0.05) is 24.9 Å². The lowest BCUT2D eigenvalue weighted by atomic mass is 9.91. The minimum absolute atomic E-state index is 0.216. The summed E-state index contributed by atoms with van der Waals surface area (Å²) in [6.45, 7) is 5.37. The van der Waals surface area contributed by atoms with Crippen LogP contribution in [0.3, 0.4) is 0 Å². The number of benzene rings is 2. The Hall–Kier alpha value is -2.12. The van der Waals surface area contributed by atoms with Crippen LogP contribution in [-0.2, 0) is 35.2 Å². The number of ether oxygens (including phenoxy) is 4. The molecule has 1 fully saturated rings. The second-order valence-electron chi connectivity index (χ2n) is 9.38. The van der Waals surface area contributed by atoms with Crippen LogP contribution in [0.2, 0.25) is 0 Å². The third-order valence-corrected chi connectivity index (χ3v) is 6.46. The normalized spacial score (nSPS) is 25.4. The molecule has 4 N–H and O–H groups in total. The molecule has 5 rings (SSSR count). The summed E-state index contributed by atoms with van der Waals surface area (Å²) in [7, 11) is 0. The van der Waals surface area contributed by atoms with Crippen LogP contribution < -0.4 is 20.9 Å². The molecule has 3 aliphatic heterocycles. The van der Waals surface area contributed by atoms with Crippen LogP contribution in [0.15, 0.2) is 36.4 Å². The van der Waals surface area contributed by atoms with Crippen molar-refractivity contribution in [3.8, 4) is 11.5 Å². The summed E-state index contributed by atoms with van der Waals surface area (Å²) in [5, 5.41) is 0. The van der Waals surface area contributed by atoms with Gasteiger partial charge in [-0.1, -0.05) is 24.3 Å². The molecule has 0 unspecified atom stereocenters. The van der Waals surface area contributed by atoms with Gasteiger partial charge in [0.2, 0.25) is 0 Å². The summed E-state index contributed by atoms with van der Waals surface area (Å²) < 4.78 is 23.7. The quantitative estimate of drug-likeness (QED) is 0.741. The highest BCUT2D eigenvalue weighted by molar-refractivity contribution is 5.41. The van der Waals surface area contributed by atoms with E-state index in [4.69, 9.17) is 30.4 Å². The smallest absolute Gasteiger partial charge is 0.163 e. The molecule has 0 saturated carbocycles. The number of rotatable bonds is 6. The zero-order chi connectivity index (χ0) is 21.6. The molecular formula is C25H32N2O4. The molecule has 6 nitrogen and oxygen atoms in total. The van der Waals surface area contributed by atoms with Crippen molar-refractivity contribution in [2.75, 3.05) is 13.2 Å². The molecular weight excluding hydrogens is 392 g/mol. The van der Waals surface area contributed by atoms with Gasteiger partial charge in [-0.2, -0.15) is 0 Å². The summed E-state index contributed by atoms with van der Waals surface area (Å²) in [4.78, 5) is 0. The molecule has 166 valence electrons. The SMILES string of the molecule is CC1(C)O[C@@H]([C@H](N)Cc2ccc3c(c2)CCO3)[C@H]([C@H](N)Cc2ccc3c(c2)CCO3)O1. The van der Waals surface area contributed by atoms with Gasteiger partial charge >= 0.3 is 0 Å². The molecule has 0 amide bonds. The van der Waals surface area contributed by atoms with Gasteiger partial charge in [0.25, 0.3) is 0 Å². The van der Waals surface area contributed by atoms with Crippen LogP contribution in [0.5, 0.6) is 11.5 Å².